The summed E-state index contributed by atoms with van der Waals surface area (Å²) in [6.45, 7) is 1.93. The molecule has 1 aromatic carbocycles. The lowest BCUT2D eigenvalue weighted by atomic mass is 9.85. The second-order valence-electron chi connectivity index (χ2n) is 7.39. The molecule has 0 spiro atoms. The average Bonchev–Trinajstić information content (AvgIpc) is 2.66. The third-order valence-electron chi connectivity index (χ3n) is 4.85. The van der Waals surface area contributed by atoms with Crippen molar-refractivity contribution < 1.29 is 32.6 Å². The second-order valence-corrected chi connectivity index (χ2v) is 7.39. The van der Waals surface area contributed by atoms with Crippen molar-refractivity contribution in [3.63, 3.8) is 0 Å². The maximum atomic E-state index is 13.0. The van der Waals surface area contributed by atoms with Crippen molar-refractivity contribution >= 4 is 11.9 Å². The lowest BCUT2D eigenvalue weighted by Crippen LogP contribution is -2.36. The second kappa shape index (κ2) is 8.39. The number of esters is 1. The van der Waals surface area contributed by atoms with Crippen LogP contribution in [-0.4, -0.2) is 33.3 Å². The number of fused-ring (bicyclic) bond motifs is 1. The van der Waals surface area contributed by atoms with E-state index in [1.165, 1.54) is 12.1 Å². The summed E-state index contributed by atoms with van der Waals surface area (Å²) in [7, 11) is 0. The maximum absolute atomic E-state index is 13.0. The summed E-state index contributed by atoms with van der Waals surface area (Å²) < 4.78 is 44.5. The highest BCUT2D eigenvalue weighted by Gasteiger charge is 2.33. The predicted molar refractivity (Wildman–Crippen MR) is 99.0 cm³/mol. The quantitative estimate of drug-likeness (QED) is 0.710. The summed E-state index contributed by atoms with van der Waals surface area (Å²) >= 11 is 0. The van der Waals surface area contributed by atoms with Crippen LogP contribution in [0.15, 0.2) is 30.3 Å². The number of nitrogens with zero attached hydrogens (tertiary/aromatic N) is 2. The lowest BCUT2D eigenvalue weighted by Gasteiger charge is -2.29. The van der Waals surface area contributed by atoms with Crippen LogP contribution in [0, 0.1) is 5.92 Å². The van der Waals surface area contributed by atoms with Crippen LogP contribution in [0.4, 0.5) is 13.2 Å². The molecule has 3 rings (SSSR count). The third-order valence-corrected chi connectivity index (χ3v) is 4.85. The molecule has 0 bridgehead atoms. The first-order valence-corrected chi connectivity index (χ1v) is 9.26. The molecule has 0 saturated carbocycles. The number of halogens is 3. The smallest absolute Gasteiger partial charge is 0.416 e. The molecule has 0 radical (unpaired) electrons. The normalized spacial score (nSPS) is 19.6. The molecular formula is C20H20F3N3O4. The summed E-state index contributed by atoms with van der Waals surface area (Å²) in [5, 5.41) is 17.0. The summed E-state index contributed by atoms with van der Waals surface area (Å²) in [4.78, 5) is 23.0. The minimum absolute atomic E-state index is 0.111. The number of benzene rings is 1. The Morgan fingerprint density at radius 3 is 2.70 bits per heavy atom. The average molecular weight is 423 g/mol. The molecule has 1 heterocycles. The zero-order chi connectivity index (χ0) is 22.1. The van der Waals surface area contributed by atoms with Crippen LogP contribution in [-0.2, 0) is 26.9 Å². The molecule has 0 saturated heterocycles. The molecule has 30 heavy (non-hydrogen) atoms. The molecular weight excluding hydrogens is 403 g/mol. The Labute approximate surface area is 170 Å². The van der Waals surface area contributed by atoms with E-state index in [1.807, 2.05) is 6.92 Å². The zero-order valence-corrected chi connectivity index (χ0v) is 16.0. The van der Waals surface area contributed by atoms with Crippen molar-refractivity contribution in [2.45, 2.75) is 44.5 Å². The van der Waals surface area contributed by atoms with Gasteiger partial charge < -0.3 is 15.6 Å². The summed E-state index contributed by atoms with van der Waals surface area (Å²) in [6.07, 6.45) is -4.79. The number of ether oxygens (including phenoxy) is 1. The molecule has 1 aliphatic rings. The zero-order valence-electron chi connectivity index (χ0n) is 16.0. The van der Waals surface area contributed by atoms with Crippen LogP contribution in [0.25, 0.3) is 11.3 Å². The van der Waals surface area contributed by atoms with E-state index < -0.39 is 42.2 Å². The summed E-state index contributed by atoms with van der Waals surface area (Å²) in [5.41, 5.74) is 6.32. The van der Waals surface area contributed by atoms with E-state index in [1.54, 1.807) is 6.07 Å². The van der Waals surface area contributed by atoms with Gasteiger partial charge in [-0.2, -0.15) is 23.4 Å². The SMILES string of the molecule is CC1Cc2nnc(-c3cccc(C(F)(F)F)c3)cc2C(OC(=O)C(N)CC(=O)O)C1. The fourth-order valence-electron chi connectivity index (χ4n) is 3.38. The third kappa shape index (κ3) is 4.93. The van der Waals surface area contributed by atoms with E-state index in [2.05, 4.69) is 10.2 Å². The van der Waals surface area contributed by atoms with Crippen LogP contribution in [0.2, 0.25) is 0 Å². The number of carbonyl (C=O) groups excluding carboxylic acids is 1. The number of aliphatic carboxylic acids is 1. The number of carbonyl (C=O) groups is 2. The largest absolute Gasteiger partial charge is 0.481 e. The Bertz CT molecular complexity index is 965. The molecule has 0 aliphatic heterocycles. The van der Waals surface area contributed by atoms with Gasteiger partial charge in [0.15, 0.2) is 0 Å². The van der Waals surface area contributed by atoms with E-state index in [0.29, 0.717) is 24.1 Å². The van der Waals surface area contributed by atoms with Gasteiger partial charge in [0.1, 0.15) is 12.1 Å². The number of carboxylic acid groups (broad SMARTS) is 1. The van der Waals surface area contributed by atoms with E-state index in [-0.39, 0.29) is 17.2 Å². The molecule has 0 fully saturated rings. The fraction of sp³-hybridized carbons (Fsp3) is 0.400. The molecule has 3 atom stereocenters. The minimum Gasteiger partial charge on any atom is -0.481 e. The van der Waals surface area contributed by atoms with Gasteiger partial charge in [-0.1, -0.05) is 19.1 Å². The molecule has 3 unspecified atom stereocenters. The van der Waals surface area contributed by atoms with Crippen molar-refractivity contribution in [2.24, 2.45) is 11.7 Å². The molecule has 1 aliphatic carbocycles. The monoisotopic (exact) mass is 423 g/mol. The van der Waals surface area contributed by atoms with E-state index in [9.17, 15) is 22.8 Å². The molecule has 7 nitrogen and oxygen atoms in total. The topological polar surface area (TPSA) is 115 Å². The number of aromatic nitrogens is 2. The number of carboxylic acids is 1. The number of rotatable bonds is 5. The molecule has 1 aromatic heterocycles. The summed E-state index contributed by atoms with van der Waals surface area (Å²) in [5.74, 6) is -1.98. The maximum Gasteiger partial charge on any atom is 0.416 e. The molecule has 3 N–H and O–H groups in total. The number of alkyl halides is 3. The Morgan fingerprint density at radius 2 is 2.03 bits per heavy atom. The van der Waals surface area contributed by atoms with Gasteiger partial charge in [0.2, 0.25) is 0 Å². The van der Waals surface area contributed by atoms with Gasteiger partial charge >= 0.3 is 18.1 Å². The van der Waals surface area contributed by atoms with Gasteiger partial charge in [-0.3, -0.25) is 9.59 Å². The number of hydrogen-bond donors (Lipinski definition) is 2. The summed E-state index contributed by atoms with van der Waals surface area (Å²) in [6, 6.07) is 4.95. The fourth-order valence-corrected chi connectivity index (χ4v) is 3.38. The molecule has 160 valence electrons. The molecule has 10 heteroatoms. The minimum atomic E-state index is -4.49. The van der Waals surface area contributed by atoms with Crippen molar-refractivity contribution in [3.8, 4) is 11.3 Å². The van der Waals surface area contributed by atoms with Gasteiger partial charge in [0.25, 0.3) is 0 Å². The number of hydrogen-bond acceptors (Lipinski definition) is 6. The number of nitrogens with two attached hydrogens (primary N) is 1. The Morgan fingerprint density at radius 1 is 1.30 bits per heavy atom. The first-order chi connectivity index (χ1) is 14.0. The van der Waals surface area contributed by atoms with Crippen LogP contribution < -0.4 is 5.73 Å². The van der Waals surface area contributed by atoms with E-state index >= 15 is 0 Å². The van der Waals surface area contributed by atoms with Crippen LogP contribution in [0.3, 0.4) is 0 Å². The van der Waals surface area contributed by atoms with Crippen molar-refractivity contribution in [1.82, 2.24) is 10.2 Å². The molecule has 0 amide bonds. The lowest BCUT2D eigenvalue weighted by molar-refractivity contribution is -0.155. The van der Waals surface area contributed by atoms with E-state index in [0.717, 1.165) is 12.1 Å². The van der Waals surface area contributed by atoms with Crippen molar-refractivity contribution in [3.05, 3.63) is 47.2 Å². The van der Waals surface area contributed by atoms with E-state index in [4.69, 9.17) is 15.6 Å². The predicted octanol–water partition coefficient (Wildman–Crippen LogP) is 3.13. The Balaban J connectivity index is 1.92. The van der Waals surface area contributed by atoms with Gasteiger partial charge in [-0.05, 0) is 37.0 Å². The highest BCUT2D eigenvalue weighted by Crippen LogP contribution is 2.37. The van der Waals surface area contributed by atoms with Crippen molar-refractivity contribution in [2.75, 3.05) is 0 Å². The van der Waals surface area contributed by atoms with Gasteiger partial charge in [0.05, 0.1) is 23.4 Å². The highest BCUT2D eigenvalue weighted by atomic mass is 19.4. The van der Waals surface area contributed by atoms with Gasteiger partial charge in [0, 0.05) is 11.1 Å². The van der Waals surface area contributed by atoms with Crippen LogP contribution in [0.5, 0.6) is 0 Å². The van der Waals surface area contributed by atoms with Gasteiger partial charge in [-0.25, -0.2) is 0 Å². The first kappa shape index (κ1) is 21.7. The standard InChI is InChI=1S/C20H20F3N3O4/c1-10-5-16-13(17(6-10)30-19(29)14(24)9-18(27)28)8-15(25-26-16)11-3-2-4-12(7-11)20(21,22)23/h2-4,7-8,10,14,17H,5-6,9,24H2,1H3,(H,27,28). The van der Waals surface area contributed by atoms with Crippen LogP contribution >= 0.6 is 0 Å². The van der Waals surface area contributed by atoms with Gasteiger partial charge in [-0.15, -0.1) is 0 Å². The van der Waals surface area contributed by atoms with Crippen LogP contribution in [0.1, 0.15) is 42.7 Å². The Hall–Kier alpha value is -3.01. The first-order valence-electron chi connectivity index (χ1n) is 9.26. The Kier molecular flexibility index (Phi) is 6.06. The van der Waals surface area contributed by atoms with Crippen molar-refractivity contribution in [1.29, 1.82) is 0 Å². The molecule has 2 aromatic rings. The highest BCUT2D eigenvalue weighted by molar-refractivity contribution is 5.82.